The van der Waals surface area contributed by atoms with Gasteiger partial charge < -0.3 is 14.6 Å². The fourth-order valence-corrected chi connectivity index (χ4v) is 5.11. The van der Waals surface area contributed by atoms with Crippen LogP contribution in [-0.2, 0) is 11.2 Å². The Hall–Kier alpha value is -2.86. The van der Waals surface area contributed by atoms with Gasteiger partial charge in [0.05, 0.1) is 13.2 Å². The largest absolute Gasteiger partial charge is 0.497 e. The summed E-state index contributed by atoms with van der Waals surface area (Å²) >= 11 is 5.81. The van der Waals surface area contributed by atoms with E-state index in [0.717, 1.165) is 28.9 Å². The van der Waals surface area contributed by atoms with Crippen LogP contribution in [0.2, 0.25) is 0 Å². The minimum atomic E-state index is -0.257. The first-order valence-electron chi connectivity index (χ1n) is 10.0. The van der Waals surface area contributed by atoms with Crippen molar-refractivity contribution in [2.45, 2.75) is 31.8 Å². The molecule has 1 fully saturated rings. The Morgan fingerprint density at radius 2 is 1.93 bits per heavy atom. The van der Waals surface area contributed by atoms with Gasteiger partial charge in [-0.2, -0.15) is 0 Å². The zero-order chi connectivity index (χ0) is 20.1. The summed E-state index contributed by atoms with van der Waals surface area (Å²) < 4.78 is 5.34. The number of para-hydroxylation sites is 1. The molecule has 3 aromatic rings. The van der Waals surface area contributed by atoms with Gasteiger partial charge in [-0.25, -0.2) is 0 Å². The molecule has 2 aliphatic rings. The second-order valence-electron chi connectivity index (χ2n) is 7.64. The van der Waals surface area contributed by atoms with Crippen molar-refractivity contribution in [1.29, 1.82) is 0 Å². The third-order valence-corrected chi connectivity index (χ3v) is 6.44. The molecule has 2 atom stereocenters. The van der Waals surface area contributed by atoms with Crippen LogP contribution in [0.3, 0.4) is 0 Å². The van der Waals surface area contributed by atoms with Crippen molar-refractivity contribution in [1.82, 2.24) is 14.8 Å². The molecule has 1 amide bonds. The van der Waals surface area contributed by atoms with Gasteiger partial charge in [-0.3, -0.25) is 9.69 Å². The molecule has 29 heavy (non-hydrogen) atoms. The first-order chi connectivity index (χ1) is 14.1. The molecule has 0 radical (unpaired) electrons. The number of rotatable bonds is 4. The van der Waals surface area contributed by atoms with Crippen LogP contribution in [0, 0.1) is 0 Å². The summed E-state index contributed by atoms with van der Waals surface area (Å²) in [5.74, 6) is 0.928. The van der Waals surface area contributed by atoms with Gasteiger partial charge in [-0.15, -0.1) is 0 Å². The standard InChI is InChI=1S/C23H23N3O2S/c1-3-12-25-22(27)19-13-17-16-6-4-5-7-18(16)24-20(17)21(26(19)23(25)29)14-8-10-15(28-2)11-9-14/h4-11,19,21,24H,3,12-13H2,1-2H3/t19-,21+/m1/s1. The van der Waals surface area contributed by atoms with E-state index in [9.17, 15) is 4.79 Å². The number of ether oxygens (including phenoxy) is 1. The minimum Gasteiger partial charge on any atom is -0.497 e. The summed E-state index contributed by atoms with van der Waals surface area (Å²) in [5, 5.41) is 1.82. The zero-order valence-corrected chi connectivity index (χ0v) is 17.3. The number of nitrogens with one attached hydrogen (secondary N) is 1. The summed E-state index contributed by atoms with van der Waals surface area (Å²) in [6, 6.07) is 16.0. The summed E-state index contributed by atoms with van der Waals surface area (Å²) in [4.78, 5) is 20.8. The Morgan fingerprint density at radius 1 is 1.17 bits per heavy atom. The monoisotopic (exact) mass is 405 g/mol. The van der Waals surface area contributed by atoms with Gasteiger partial charge in [0.25, 0.3) is 5.91 Å². The number of carbonyl (C=O) groups excluding carboxylic acids is 1. The maximum absolute atomic E-state index is 13.3. The number of aromatic amines is 1. The lowest BCUT2D eigenvalue weighted by molar-refractivity contribution is -0.128. The van der Waals surface area contributed by atoms with E-state index in [1.165, 1.54) is 10.9 Å². The third-order valence-electron chi connectivity index (χ3n) is 6.01. The van der Waals surface area contributed by atoms with E-state index >= 15 is 0 Å². The first-order valence-corrected chi connectivity index (χ1v) is 10.4. The van der Waals surface area contributed by atoms with Crippen LogP contribution in [0.1, 0.15) is 36.2 Å². The van der Waals surface area contributed by atoms with Gasteiger partial charge in [0.15, 0.2) is 5.11 Å². The van der Waals surface area contributed by atoms with Crippen LogP contribution in [0.25, 0.3) is 10.9 Å². The lowest BCUT2D eigenvalue weighted by atomic mass is 9.89. The average Bonchev–Trinajstić information content (AvgIpc) is 3.23. The number of amides is 1. The highest BCUT2D eigenvalue weighted by Gasteiger charge is 2.50. The molecule has 0 bridgehead atoms. The molecule has 6 heteroatoms. The van der Waals surface area contributed by atoms with Crippen LogP contribution in [0.5, 0.6) is 5.75 Å². The van der Waals surface area contributed by atoms with E-state index in [4.69, 9.17) is 17.0 Å². The van der Waals surface area contributed by atoms with E-state index in [2.05, 4.69) is 47.1 Å². The van der Waals surface area contributed by atoms with Crippen LogP contribution in [0.15, 0.2) is 48.5 Å². The van der Waals surface area contributed by atoms with Crippen molar-refractivity contribution < 1.29 is 9.53 Å². The SMILES string of the molecule is CCCN1C(=O)[C@H]2Cc3c([nH]c4ccccc34)[C@H](c3ccc(OC)cc3)N2C1=S. The Bertz CT molecular complexity index is 1110. The maximum atomic E-state index is 13.3. The Balaban J connectivity index is 1.70. The van der Waals surface area contributed by atoms with Gasteiger partial charge in [-0.1, -0.05) is 37.3 Å². The molecule has 1 N–H and O–H groups in total. The van der Waals surface area contributed by atoms with Gasteiger partial charge >= 0.3 is 0 Å². The fourth-order valence-electron chi connectivity index (χ4n) is 4.69. The molecule has 0 spiro atoms. The topological polar surface area (TPSA) is 48.6 Å². The molecule has 0 unspecified atom stereocenters. The molecule has 2 aromatic carbocycles. The number of aromatic nitrogens is 1. The fraction of sp³-hybridized carbons (Fsp3) is 0.304. The summed E-state index contributed by atoms with van der Waals surface area (Å²) in [5.41, 5.74) is 4.54. The number of benzene rings is 2. The van der Waals surface area contributed by atoms with Crippen LogP contribution >= 0.6 is 12.2 Å². The predicted octanol–water partition coefficient (Wildman–Crippen LogP) is 4.03. The van der Waals surface area contributed by atoms with Crippen molar-refractivity contribution in [3.05, 3.63) is 65.4 Å². The zero-order valence-electron chi connectivity index (χ0n) is 16.5. The predicted molar refractivity (Wildman–Crippen MR) is 117 cm³/mol. The first kappa shape index (κ1) is 18.2. The van der Waals surface area contributed by atoms with Gasteiger partial charge in [0.1, 0.15) is 11.8 Å². The third kappa shape index (κ3) is 2.66. The Morgan fingerprint density at radius 3 is 2.66 bits per heavy atom. The molecule has 1 aromatic heterocycles. The van der Waals surface area contributed by atoms with Crippen molar-refractivity contribution in [2.24, 2.45) is 0 Å². The van der Waals surface area contributed by atoms with Gasteiger partial charge in [0.2, 0.25) is 0 Å². The molecule has 5 rings (SSSR count). The smallest absolute Gasteiger partial charge is 0.251 e. The van der Waals surface area contributed by atoms with Gasteiger partial charge in [-0.05, 0) is 48.0 Å². The molecule has 1 saturated heterocycles. The quantitative estimate of drug-likeness (QED) is 0.666. The number of thiocarbonyl (C=S) groups is 1. The van der Waals surface area contributed by atoms with Crippen molar-refractivity contribution in [3.63, 3.8) is 0 Å². The number of methoxy groups -OCH3 is 1. The number of H-pyrrole nitrogens is 1. The lowest BCUT2D eigenvalue weighted by Crippen LogP contribution is -2.44. The highest BCUT2D eigenvalue weighted by molar-refractivity contribution is 7.80. The van der Waals surface area contributed by atoms with E-state index in [0.29, 0.717) is 18.1 Å². The van der Waals surface area contributed by atoms with Crippen molar-refractivity contribution in [2.75, 3.05) is 13.7 Å². The highest BCUT2D eigenvalue weighted by Crippen LogP contribution is 2.44. The molecule has 0 aliphatic carbocycles. The number of hydrogen-bond acceptors (Lipinski definition) is 3. The van der Waals surface area contributed by atoms with E-state index in [-0.39, 0.29) is 18.0 Å². The normalized spacial score (nSPS) is 20.9. The molecule has 0 saturated carbocycles. The van der Waals surface area contributed by atoms with Crippen molar-refractivity contribution >= 4 is 34.1 Å². The molecule has 2 aliphatic heterocycles. The molecule has 148 valence electrons. The van der Waals surface area contributed by atoms with E-state index in [1.807, 2.05) is 18.2 Å². The highest BCUT2D eigenvalue weighted by atomic mass is 32.1. The Labute approximate surface area is 175 Å². The summed E-state index contributed by atoms with van der Waals surface area (Å²) in [6.45, 7) is 2.73. The number of nitrogens with zero attached hydrogens (tertiary/aromatic N) is 2. The minimum absolute atomic E-state index is 0.117. The van der Waals surface area contributed by atoms with Crippen molar-refractivity contribution in [3.8, 4) is 5.75 Å². The van der Waals surface area contributed by atoms with Crippen LogP contribution in [0.4, 0.5) is 0 Å². The molecular weight excluding hydrogens is 382 g/mol. The maximum Gasteiger partial charge on any atom is 0.251 e. The molecular formula is C23H23N3O2S. The van der Waals surface area contributed by atoms with E-state index in [1.54, 1.807) is 12.0 Å². The summed E-state index contributed by atoms with van der Waals surface area (Å²) in [6.07, 6.45) is 1.55. The second kappa shape index (κ2) is 6.88. The molecule has 3 heterocycles. The lowest BCUT2D eigenvalue weighted by Gasteiger charge is -2.37. The summed E-state index contributed by atoms with van der Waals surface area (Å²) in [7, 11) is 1.67. The van der Waals surface area contributed by atoms with Gasteiger partial charge in [0, 0.05) is 29.6 Å². The van der Waals surface area contributed by atoms with E-state index < -0.39 is 0 Å². The Kier molecular flexibility index (Phi) is 4.32. The number of fused-ring (bicyclic) bond motifs is 4. The van der Waals surface area contributed by atoms with Crippen LogP contribution < -0.4 is 4.74 Å². The van der Waals surface area contributed by atoms with Crippen LogP contribution in [-0.4, -0.2) is 45.5 Å². The average molecular weight is 406 g/mol. The molecule has 5 nitrogen and oxygen atoms in total. The number of carbonyl (C=O) groups is 1. The number of hydrogen-bond donors (Lipinski definition) is 1. The second-order valence-corrected chi connectivity index (χ2v) is 8.00.